The van der Waals surface area contributed by atoms with Crippen LogP contribution in [0.1, 0.15) is 24.5 Å². The maximum Gasteiger partial charge on any atom is 0.147 e. The minimum Gasteiger partial charge on any atom is -0.369 e. The zero-order chi connectivity index (χ0) is 14.1. The second-order valence-corrected chi connectivity index (χ2v) is 5.76. The number of rotatable bonds is 2. The average Bonchev–Trinajstić information content (AvgIpc) is 2.86. The van der Waals surface area contributed by atoms with Gasteiger partial charge in [-0.2, -0.15) is 0 Å². The van der Waals surface area contributed by atoms with Crippen LogP contribution in [-0.4, -0.2) is 22.6 Å². The second-order valence-electron chi connectivity index (χ2n) is 5.32. The van der Waals surface area contributed by atoms with Gasteiger partial charge >= 0.3 is 0 Å². The highest BCUT2D eigenvalue weighted by molar-refractivity contribution is 6.30. The standard InChI is InChI=1S/C15H17ClFN3/c1-19-9-14(18-10-19)11-4-6-20(7-5-11)15-3-2-12(16)8-13(15)17/h2-3,8-11H,4-7H2,1H3. The molecule has 1 saturated heterocycles. The van der Waals surface area contributed by atoms with Gasteiger partial charge in [0.2, 0.25) is 0 Å². The SMILES string of the molecule is Cn1cnc(C2CCN(c3ccc(Cl)cc3F)CC2)c1. The van der Waals surface area contributed by atoms with Crippen LogP contribution in [0.2, 0.25) is 5.02 Å². The fraction of sp³-hybridized carbons (Fsp3) is 0.400. The number of hydrogen-bond acceptors (Lipinski definition) is 2. The van der Waals surface area contributed by atoms with E-state index in [4.69, 9.17) is 11.6 Å². The summed E-state index contributed by atoms with van der Waals surface area (Å²) < 4.78 is 15.9. The molecule has 3 nitrogen and oxygen atoms in total. The van der Waals surface area contributed by atoms with Crippen LogP contribution in [-0.2, 0) is 7.05 Å². The maximum absolute atomic E-state index is 13.9. The number of benzene rings is 1. The minimum absolute atomic E-state index is 0.242. The Hall–Kier alpha value is -1.55. The summed E-state index contributed by atoms with van der Waals surface area (Å²) in [6.07, 6.45) is 5.90. The number of imidazole rings is 1. The van der Waals surface area contributed by atoms with E-state index in [1.54, 1.807) is 12.1 Å². The molecule has 0 amide bonds. The Morgan fingerprint density at radius 1 is 1.30 bits per heavy atom. The van der Waals surface area contributed by atoms with Gasteiger partial charge in [0.1, 0.15) is 5.82 Å². The Balaban J connectivity index is 1.69. The predicted molar refractivity (Wildman–Crippen MR) is 78.8 cm³/mol. The van der Waals surface area contributed by atoms with Gasteiger partial charge in [-0.25, -0.2) is 9.37 Å². The normalized spacial score (nSPS) is 16.6. The lowest BCUT2D eigenvalue weighted by molar-refractivity contribution is 0.490. The van der Waals surface area contributed by atoms with Crippen molar-refractivity contribution in [2.24, 2.45) is 7.05 Å². The van der Waals surface area contributed by atoms with Crippen LogP contribution in [0, 0.1) is 5.82 Å². The summed E-state index contributed by atoms with van der Waals surface area (Å²) in [7, 11) is 1.98. The van der Waals surface area contributed by atoms with Crippen LogP contribution in [0.3, 0.4) is 0 Å². The van der Waals surface area contributed by atoms with Gasteiger partial charge in [0.15, 0.2) is 0 Å². The van der Waals surface area contributed by atoms with Gasteiger partial charge < -0.3 is 9.47 Å². The highest BCUT2D eigenvalue weighted by Gasteiger charge is 2.23. The molecule has 2 heterocycles. The van der Waals surface area contributed by atoms with E-state index >= 15 is 0 Å². The average molecular weight is 294 g/mol. The molecule has 20 heavy (non-hydrogen) atoms. The summed E-state index contributed by atoms with van der Waals surface area (Å²) in [5.74, 6) is 0.233. The molecule has 5 heteroatoms. The summed E-state index contributed by atoms with van der Waals surface area (Å²) in [4.78, 5) is 6.51. The first-order chi connectivity index (χ1) is 9.63. The van der Waals surface area contributed by atoms with Gasteiger partial charge in [0.25, 0.3) is 0 Å². The zero-order valence-electron chi connectivity index (χ0n) is 11.4. The van der Waals surface area contributed by atoms with E-state index in [0.29, 0.717) is 16.6 Å². The predicted octanol–water partition coefficient (Wildman–Crippen LogP) is 3.60. The number of piperidine rings is 1. The molecular formula is C15H17ClFN3. The second kappa shape index (κ2) is 5.44. The topological polar surface area (TPSA) is 21.1 Å². The van der Waals surface area contributed by atoms with Crippen molar-refractivity contribution < 1.29 is 4.39 Å². The summed E-state index contributed by atoms with van der Waals surface area (Å²) in [6, 6.07) is 4.88. The Bertz CT molecular complexity index is 603. The molecule has 0 spiro atoms. The molecule has 106 valence electrons. The minimum atomic E-state index is -0.242. The molecule has 2 aromatic rings. The summed E-state index contributed by atoms with van der Waals surface area (Å²) in [6.45, 7) is 1.69. The fourth-order valence-corrected chi connectivity index (χ4v) is 2.96. The van der Waals surface area contributed by atoms with Crippen molar-refractivity contribution in [2.75, 3.05) is 18.0 Å². The molecular weight excluding hydrogens is 277 g/mol. The molecule has 0 radical (unpaired) electrons. The van der Waals surface area contributed by atoms with E-state index in [0.717, 1.165) is 31.6 Å². The number of halogens is 2. The van der Waals surface area contributed by atoms with Crippen LogP contribution in [0.15, 0.2) is 30.7 Å². The lowest BCUT2D eigenvalue weighted by atomic mass is 9.93. The molecule has 0 unspecified atom stereocenters. The summed E-state index contributed by atoms with van der Waals surface area (Å²) in [5, 5.41) is 0.439. The number of aryl methyl sites for hydroxylation is 1. The molecule has 1 aliphatic heterocycles. The van der Waals surface area contributed by atoms with Crippen LogP contribution in [0.25, 0.3) is 0 Å². The molecule has 0 atom stereocenters. The lowest BCUT2D eigenvalue weighted by Crippen LogP contribution is -2.33. The number of aromatic nitrogens is 2. The van der Waals surface area contributed by atoms with E-state index < -0.39 is 0 Å². The zero-order valence-corrected chi connectivity index (χ0v) is 12.1. The first kappa shape index (κ1) is 13.4. The lowest BCUT2D eigenvalue weighted by Gasteiger charge is -2.33. The van der Waals surface area contributed by atoms with Crippen LogP contribution >= 0.6 is 11.6 Å². The first-order valence-electron chi connectivity index (χ1n) is 6.81. The van der Waals surface area contributed by atoms with Gasteiger partial charge in [-0.05, 0) is 31.0 Å². The molecule has 1 fully saturated rings. The third kappa shape index (κ3) is 2.66. The van der Waals surface area contributed by atoms with Gasteiger partial charge in [-0.3, -0.25) is 0 Å². The Kier molecular flexibility index (Phi) is 3.66. The number of nitrogens with zero attached hydrogens (tertiary/aromatic N) is 3. The molecule has 0 N–H and O–H groups in total. The molecule has 3 rings (SSSR count). The van der Waals surface area contributed by atoms with Gasteiger partial charge in [0, 0.05) is 37.3 Å². The molecule has 1 aromatic carbocycles. The molecule has 1 aromatic heterocycles. The Labute approximate surface area is 123 Å². The van der Waals surface area contributed by atoms with E-state index in [9.17, 15) is 4.39 Å². The maximum atomic E-state index is 13.9. The third-order valence-electron chi connectivity index (χ3n) is 3.89. The van der Waals surface area contributed by atoms with Crippen molar-refractivity contribution in [2.45, 2.75) is 18.8 Å². The number of hydrogen-bond donors (Lipinski definition) is 0. The largest absolute Gasteiger partial charge is 0.369 e. The molecule has 0 bridgehead atoms. The highest BCUT2D eigenvalue weighted by atomic mass is 35.5. The van der Waals surface area contributed by atoms with Crippen LogP contribution in [0.5, 0.6) is 0 Å². The highest BCUT2D eigenvalue weighted by Crippen LogP contribution is 2.31. The van der Waals surface area contributed by atoms with Crippen LogP contribution in [0.4, 0.5) is 10.1 Å². The van der Waals surface area contributed by atoms with E-state index in [1.165, 1.54) is 6.07 Å². The van der Waals surface area contributed by atoms with Crippen molar-refractivity contribution in [3.05, 3.63) is 47.3 Å². The van der Waals surface area contributed by atoms with E-state index in [-0.39, 0.29) is 5.82 Å². The molecule has 1 aliphatic rings. The van der Waals surface area contributed by atoms with E-state index in [2.05, 4.69) is 16.1 Å². The van der Waals surface area contributed by atoms with Crippen molar-refractivity contribution in [3.63, 3.8) is 0 Å². The molecule has 0 aliphatic carbocycles. The van der Waals surface area contributed by atoms with Crippen molar-refractivity contribution in [1.29, 1.82) is 0 Å². The van der Waals surface area contributed by atoms with Gasteiger partial charge in [-0.15, -0.1) is 0 Å². The summed E-state index contributed by atoms with van der Waals surface area (Å²) >= 11 is 5.79. The van der Waals surface area contributed by atoms with Gasteiger partial charge in [0.05, 0.1) is 17.7 Å². The number of anilines is 1. The quantitative estimate of drug-likeness (QED) is 0.843. The van der Waals surface area contributed by atoms with Crippen molar-refractivity contribution in [1.82, 2.24) is 9.55 Å². The smallest absolute Gasteiger partial charge is 0.147 e. The van der Waals surface area contributed by atoms with Crippen molar-refractivity contribution >= 4 is 17.3 Å². The first-order valence-corrected chi connectivity index (χ1v) is 7.19. The monoisotopic (exact) mass is 293 g/mol. The summed E-state index contributed by atoms with van der Waals surface area (Å²) in [5.41, 5.74) is 1.79. The fourth-order valence-electron chi connectivity index (χ4n) is 2.80. The van der Waals surface area contributed by atoms with Crippen molar-refractivity contribution in [3.8, 4) is 0 Å². The van der Waals surface area contributed by atoms with Gasteiger partial charge in [-0.1, -0.05) is 11.6 Å². The van der Waals surface area contributed by atoms with Crippen LogP contribution < -0.4 is 4.90 Å². The Morgan fingerprint density at radius 2 is 2.05 bits per heavy atom. The third-order valence-corrected chi connectivity index (χ3v) is 4.12. The molecule has 0 saturated carbocycles. The van der Waals surface area contributed by atoms with E-state index in [1.807, 2.05) is 17.9 Å². The Morgan fingerprint density at radius 3 is 2.65 bits per heavy atom.